The number of nitrogens with zero attached hydrogens (tertiary/aromatic N) is 4. The van der Waals surface area contributed by atoms with Crippen LogP contribution < -0.4 is 15.5 Å². The summed E-state index contributed by atoms with van der Waals surface area (Å²) in [5.74, 6) is 0.617. The molecule has 1 unspecified atom stereocenters. The average molecular weight is 357 g/mol. The van der Waals surface area contributed by atoms with Crippen LogP contribution in [-0.2, 0) is 11.2 Å². The minimum absolute atomic E-state index is 0.0436. The van der Waals surface area contributed by atoms with Gasteiger partial charge in [-0.25, -0.2) is 15.0 Å². The maximum Gasteiger partial charge on any atom is 0.239 e. The van der Waals surface area contributed by atoms with E-state index in [1.165, 1.54) is 16.8 Å². The molecule has 25 heavy (non-hydrogen) atoms. The van der Waals surface area contributed by atoms with Crippen LogP contribution >= 0.6 is 11.3 Å². The molecule has 3 aromatic heterocycles. The zero-order valence-electron chi connectivity index (χ0n) is 13.8. The van der Waals surface area contributed by atoms with Gasteiger partial charge in [0, 0.05) is 25.0 Å². The molecule has 3 aromatic rings. The molecular weight excluding hydrogens is 338 g/mol. The van der Waals surface area contributed by atoms with Crippen LogP contribution in [0.1, 0.15) is 16.5 Å². The Morgan fingerprint density at radius 2 is 2.36 bits per heavy atom. The third kappa shape index (κ3) is 3.20. The predicted molar refractivity (Wildman–Crippen MR) is 96.7 cm³/mol. The number of hydrogen-bond acceptors (Lipinski definition) is 7. The Morgan fingerprint density at radius 3 is 3.28 bits per heavy atom. The lowest BCUT2D eigenvalue weighted by molar-refractivity contribution is -0.119. The van der Waals surface area contributed by atoms with Gasteiger partial charge < -0.3 is 20.5 Å². The Morgan fingerprint density at radius 1 is 1.44 bits per heavy atom. The van der Waals surface area contributed by atoms with Crippen molar-refractivity contribution < 1.29 is 4.79 Å². The SMILES string of the molecule is CN(CC(=O)NCC1NCCc2sccc21)c1ncnc2nc[nH]c12. The number of carbonyl (C=O) groups excluding carboxylic acids is 1. The fourth-order valence-electron chi connectivity index (χ4n) is 3.12. The number of aromatic amines is 1. The molecule has 0 fully saturated rings. The van der Waals surface area contributed by atoms with E-state index < -0.39 is 0 Å². The molecule has 4 heterocycles. The van der Waals surface area contributed by atoms with Gasteiger partial charge in [0.1, 0.15) is 11.8 Å². The Labute approximate surface area is 148 Å². The van der Waals surface area contributed by atoms with Crippen LogP contribution in [0.4, 0.5) is 5.82 Å². The molecule has 130 valence electrons. The topological polar surface area (TPSA) is 98.8 Å². The molecule has 8 nitrogen and oxygen atoms in total. The fraction of sp³-hybridized carbons (Fsp3) is 0.375. The number of thiophene rings is 1. The number of fused-ring (bicyclic) bond motifs is 2. The standard InChI is InChI=1S/C16H19N7OS/c1-23(16-14-15(20-8-19-14)21-9-22-16)7-13(24)18-6-11-10-3-5-25-12(10)2-4-17-11/h3,5,8-9,11,17H,2,4,6-7H2,1H3,(H,18,24)(H,19,20,21,22). The second-order valence-corrected chi connectivity index (χ2v) is 7.02. The first kappa shape index (κ1) is 16.0. The maximum absolute atomic E-state index is 12.3. The third-order valence-corrected chi connectivity index (χ3v) is 5.34. The average Bonchev–Trinajstić information content (AvgIpc) is 3.28. The van der Waals surface area contributed by atoms with Crippen molar-refractivity contribution in [1.29, 1.82) is 0 Å². The first-order chi connectivity index (χ1) is 12.2. The first-order valence-electron chi connectivity index (χ1n) is 8.14. The van der Waals surface area contributed by atoms with Crippen LogP contribution in [0.2, 0.25) is 0 Å². The van der Waals surface area contributed by atoms with Gasteiger partial charge >= 0.3 is 0 Å². The largest absolute Gasteiger partial charge is 0.353 e. The van der Waals surface area contributed by atoms with Crippen molar-refractivity contribution >= 4 is 34.2 Å². The Kier molecular flexibility index (Phi) is 4.33. The van der Waals surface area contributed by atoms with E-state index >= 15 is 0 Å². The van der Waals surface area contributed by atoms with Crippen LogP contribution in [0.15, 0.2) is 24.1 Å². The molecule has 0 saturated carbocycles. The molecule has 4 rings (SSSR count). The summed E-state index contributed by atoms with van der Waals surface area (Å²) in [5, 5.41) is 8.60. The molecule has 0 aromatic carbocycles. The van der Waals surface area contributed by atoms with E-state index in [4.69, 9.17) is 0 Å². The van der Waals surface area contributed by atoms with Crippen molar-refractivity contribution in [3.8, 4) is 0 Å². The minimum atomic E-state index is -0.0436. The highest BCUT2D eigenvalue weighted by Crippen LogP contribution is 2.27. The molecule has 0 radical (unpaired) electrons. The number of H-pyrrole nitrogens is 1. The highest BCUT2D eigenvalue weighted by atomic mass is 32.1. The Hall–Kier alpha value is -2.52. The van der Waals surface area contributed by atoms with E-state index in [1.807, 2.05) is 7.05 Å². The molecule has 0 bridgehead atoms. The highest BCUT2D eigenvalue weighted by Gasteiger charge is 2.21. The summed E-state index contributed by atoms with van der Waals surface area (Å²) < 4.78 is 0. The van der Waals surface area contributed by atoms with E-state index in [-0.39, 0.29) is 18.5 Å². The van der Waals surface area contributed by atoms with E-state index in [0.29, 0.717) is 18.0 Å². The Balaban J connectivity index is 1.37. The first-order valence-corrected chi connectivity index (χ1v) is 9.02. The smallest absolute Gasteiger partial charge is 0.239 e. The molecule has 1 amide bonds. The number of anilines is 1. The number of likely N-dealkylation sites (N-methyl/N-ethyl adjacent to an activating group) is 1. The van der Waals surface area contributed by atoms with Crippen molar-refractivity contribution in [3.05, 3.63) is 34.5 Å². The molecule has 3 N–H and O–H groups in total. The summed E-state index contributed by atoms with van der Waals surface area (Å²) >= 11 is 1.79. The molecule has 1 aliphatic rings. The number of hydrogen-bond donors (Lipinski definition) is 3. The fourth-order valence-corrected chi connectivity index (χ4v) is 4.07. The molecular formula is C16H19N7OS. The lowest BCUT2D eigenvalue weighted by Crippen LogP contribution is -2.41. The maximum atomic E-state index is 12.3. The van der Waals surface area contributed by atoms with Gasteiger partial charge in [0.05, 0.1) is 18.9 Å². The number of rotatable bonds is 5. The second-order valence-electron chi connectivity index (χ2n) is 6.01. The zero-order chi connectivity index (χ0) is 17.2. The van der Waals surface area contributed by atoms with Crippen molar-refractivity contribution in [2.45, 2.75) is 12.5 Å². The molecule has 1 atom stereocenters. The third-order valence-electron chi connectivity index (χ3n) is 4.35. The predicted octanol–water partition coefficient (Wildman–Crippen LogP) is 0.854. The number of amides is 1. The molecule has 1 aliphatic heterocycles. The van der Waals surface area contributed by atoms with E-state index in [0.717, 1.165) is 18.5 Å². The van der Waals surface area contributed by atoms with Crippen molar-refractivity contribution in [1.82, 2.24) is 30.6 Å². The van der Waals surface area contributed by atoms with Crippen LogP contribution in [-0.4, -0.2) is 52.5 Å². The summed E-state index contributed by atoms with van der Waals surface area (Å²) in [6, 6.07) is 2.33. The molecule has 0 saturated heterocycles. The summed E-state index contributed by atoms with van der Waals surface area (Å²) in [6.45, 7) is 1.75. The summed E-state index contributed by atoms with van der Waals surface area (Å²) in [7, 11) is 1.83. The van der Waals surface area contributed by atoms with Gasteiger partial charge in [-0.3, -0.25) is 4.79 Å². The number of nitrogens with one attached hydrogen (secondary N) is 3. The van der Waals surface area contributed by atoms with Crippen LogP contribution in [0, 0.1) is 0 Å². The van der Waals surface area contributed by atoms with Gasteiger partial charge in [0.2, 0.25) is 5.91 Å². The van der Waals surface area contributed by atoms with E-state index in [1.54, 1.807) is 22.6 Å². The summed E-state index contributed by atoms with van der Waals surface area (Å²) in [4.78, 5) is 31.0. The normalized spacial score (nSPS) is 16.6. The van der Waals surface area contributed by atoms with Crippen LogP contribution in [0.5, 0.6) is 0 Å². The summed E-state index contributed by atoms with van der Waals surface area (Å²) in [5.41, 5.74) is 2.63. The highest BCUT2D eigenvalue weighted by molar-refractivity contribution is 7.10. The Bertz CT molecular complexity index is 889. The number of carbonyl (C=O) groups is 1. The zero-order valence-corrected chi connectivity index (χ0v) is 14.6. The number of aromatic nitrogens is 4. The van der Waals surface area contributed by atoms with Crippen LogP contribution in [0.25, 0.3) is 11.2 Å². The van der Waals surface area contributed by atoms with Crippen molar-refractivity contribution in [3.63, 3.8) is 0 Å². The van der Waals surface area contributed by atoms with Crippen molar-refractivity contribution in [2.24, 2.45) is 0 Å². The van der Waals surface area contributed by atoms with Gasteiger partial charge in [-0.15, -0.1) is 11.3 Å². The summed E-state index contributed by atoms with van der Waals surface area (Å²) in [6.07, 6.45) is 4.09. The van der Waals surface area contributed by atoms with Gasteiger partial charge in [-0.1, -0.05) is 0 Å². The van der Waals surface area contributed by atoms with E-state index in [2.05, 4.69) is 42.0 Å². The molecule has 0 spiro atoms. The number of imidazole rings is 1. The van der Waals surface area contributed by atoms with Gasteiger partial charge in [0.15, 0.2) is 11.5 Å². The van der Waals surface area contributed by atoms with Crippen molar-refractivity contribution in [2.75, 3.05) is 31.6 Å². The minimum Gasteiger partial charge on any atom is -0.353 e. The second kappa shape index (κ2) is 6.77. The van der Waals surface area contributed by atoms with Gasteiger partial charge in [0.25, 0.3) is 0 Å². The molecule has 0 aliphatic carbocycles. The van der Waals surface area contributed by atoms with Gasteiger partial charge in [-0.2, -0.15) is 0 Å². The quantitative estimate of drug-likeness (QED) is 0.626. The molecule has 9 heteroatoms. The van der Waals surface area contributed by atoms with Crippen LogP contribution in [0.3, 0.4) is 0 Å². The van der Waals surface area contributed by atoms with E-state index in [9.17, 15) is 4.79 Å². The monoisotopic (exact) mass is 357 g/mol. The van der Waals surface area contributed by atoms with Gasteiger partial charge in [-0.05, 0) is 23.4 Å². The lowest BCUT2D eigenvalue weighted by Gasteiger charge is -2.25. The lowest BCUT2D eigenvalue weighted by atomic mass is 10.0.